The van der Waals surface area contributed by atoms with Crippen LogP contribution in [-0.4, -0.2) is 33.6 Å². The van der Waals surface area contributed by atoms with Crippen molar-refractivity contribution in [2.24, 2.45) is 7.05 Å². The van der Waals surface area contributed by atoms with Crippen molar-refractivity contribution in [2.45, 2.75) is 9.79 Å². The van der Waals surface area contributed by atoms with Gasteiger partial charge in [-0.3, -0.25) is 10.2 Å². The van der Waals surface area contributed by atoms with Crippen LogP contribution in [0.1, 0.15) is 10.5 Å². The summed E-state index contributed by atoms with van der Waals surface area (Å²) in [5.74, 6) is -0.679. The van der Waals surface area contributed by atoms with Gasteiger partial charge in [-0.05, 0) is 30.3 Å². The van der Waals surface area contributed by atoms with Gasteiger partial charge in [-0.1, -0.05) is 11.6 Å². The van der Waals surface area contributed by atoms with E-state index in [1.807, 2.05) is 10.3 Å². The minimum absolute atomic E-state index is 0.178. The fourth-order valence-electron chi connectivity index (χ4n) is 1.85. The number of benzene rings is 1. The Balaban J connectivity index is 2.28. The molecule has 1 heterocycles. The molecule has 24 heavy (non-hydrogen) atoms. The van der Waals surface area contributed by atoms with Gasteiger partial charge in [0.15, 0.2) is 9.84 Å². The van der Waals surface area contributed by atoms with Gasteiger partial charge in [0, 0.05) is 19.5 Å². The molecule has 0 saturated heterocycles. The number of carbonyl (C=O) groups excluding carboxylic acids is 1. The summed E-state index contributed by atoms with van der Waals surface area (Å²) in [4.78, 5) is 13.2. The van der Waals surface area contributed by atoms with Gasteiger partial charge in [-0.25, -0.2) is 16.8 Å². The zero-order valence-electron chi connectivity index (χ0n) is 12.6. The highest BCUT2D eigenvalue weighted by atomic mass is 35.5. The van der Waals surface area contributed by atoms with Crippen LogP contribution in [0.2, 0.25) is 5.02 Å². The van der Waals surface area contributed by atoms with Gasteiger partial charge in [0.25, 0.3) is 15.9 Å². The highest BCUT2D eigenvalue weighted by molar-refractivity contribution is 7.91. The third-order valence-electron chi connectivity index (χ3n) is 3.10. The summed E-state index contributed by atoms with van der Waals surface area (Å²) in [6, 6.07) is 6.40. The van der Waals surface area contributed by atoms with Gasteiger partial charge in [0.2, 0.25) is 0 Å². The van der Waals surface area contributed by atoms with Crippen molar-refractivity contribution in [3.8, 4) is 0 Å². The van der Waals surface area contributed by atoms with Crippen molar-refractivity contribution in [3.05, 3.63) is 47.2 Å². The van der Waals surface area contributed by atoms with E-state index in [2.05, 4.69) is 0 Å². The minimum atomic E-state index is -4.26. The summed E-state index contributed by atoms with van der Waals surface area (Å²) in [5, 5.41) is -0.178. The fourth-order valence-corrected chi connectivity index (χ4v) is 3.94. The first-order chi connectivity index (χ1) is 11.0. The predicted molar refractivity (Wildman–Crippen MR) is 87.8 cm³/mol. The highest BCUT2D eigenvalue weighted by Gasteiger charge is 2.22. The normalized spacial score (nSPS) is 12.1. The number of hydrazine groups is 1. The van der Waals surface area contributed by atoms with Gasteiger partial charge >= 0.3 is 0 Å². The van der Waals surface area contributed by atoms with Gasteiger partial charge in [0.1, 0.15) is 10.6 Å². The van der Waals surface area contributed by atoms with Crippen LogP contribution in [0.3, 0.4) is 0 Å². The van der Waals surface area contributed by atoms with E-state index in [1.54, 1.807) is 19.3 Å². The number of halogens is 1. The van der Waals surface area contributed by atoms with Crippen molar-refractivity contribution < 1.29 is 21.6 Å². The minimum Gasteiger partial charge on any atom is -0.347 e. The number of hydrogen-bond acceptors (Lipinski definition) is 5. The molecule has 1 amide bonds. The lowest BCUT2D eigenvalue weighted by Crippen LogP contribution is -2.42. The molecule has 2 N–H and O–H groups in total. The summed E-state index contributed by atoms with van der Waals surface area (Å²) >= 11 is 5.84. The van der Waals surface area contributed by atoms with E-state index in [1.165, 1.54) is 16.7 Å². The van der Waals surface area contributed by atoms with Gasteiger partial charge in [0.05, 0.1) is 9.92 Å². The first kappa shape index (κ1) is 18.5. The molecule has 11 heteroatoms. The number of sulfone groups is 1. The van der Waals surface area contributed by atoms with E-state index in [-0.39, 0.29) is 15.6 Å². The molecule has 0 saturated carbocycles. The Morgan fingerprint density at radius 1 is 1.17 bits per heavy atom. The number of rotatable bonds is 5. The van der Waals surface area contributed by atoms with Crippen LogP contribution in [0.15, 0.2) is 46.3 Å². The van der Waals surface area contributed by atoms with Crippen LogP contribution in [0.5, 0.6) is 0 Å². The van der Waals surface area contributed by atoms with Crippen LogP contribution in [-0.2, 0) is 26.9 Å². The van der Waals surface area contributed by atoms with Gasteiger partial charge < -0.3 is 4.57 Å². The van der Waals surface area contributed by atoms with E-state index in [9.17, 15) is 21.6 Å². The number of nitrogens with one attached hydrogen (secondary N) is 2. The number of nitrogens with zero attached hydrogens (tertiary/aromatic N) is 1. The predicted octanol–water partition coefficient (Wildman–Crippen LogP) is 0.705. The first-order valence-corrected chi connectivity index (χ1v) is 10.2. The van der Waals surface area contributed by atoms with Gasteiger partial charge in [-0.2, -0.15) is 0 Å². The molecule has 0 aliphatic rings. The summed E-state index contributed by atoms with van der Waals surface area (Å²) < 4.78 is 49.2. The largest absolute Gasteiger partial charge is 0.347 e. The van der Waals surface area contributed by atoms with E-state index in [4.69, 9.17) is 11.6 Å². The molecule has 8 nitrogen and oxygen atoms in total. The molecule has 0 aliphatic heterocycles. The smallest absolute Gasteiger partial charge is 0.282 e. The Hall–Kier alpha value is -1.88. The number of amides is 1. The summed E-state index contributed by atoms with van der Waals surface area (Å²) in [6.07, 6.45) is 2.56. The summed E-state index contributed by atoms with van der Waals surface area (Å²) in [5.41, 5.74) is 2.27. The number of hydrogen-bond donors (Lipinski definition) is 2. The Morgan fingerprint density at radius 2 is 1.83 bits per heavy atom. The van der Waals surface area contributed by atoms with Gasteiger partial charge in [-0.15, -0.1) is 4.83 Å². The quantitative estimate of drug-likeness (QED) is 0.728. The maximum absolute atomic E-state index is 12.3. The molecule has 2 aromatic rings. The Labute approximate surface area is 144 Å². The second-order valence-electron chi connectivity index (χ2n) is 4.93. The third-order valence-corrected chi connectivity index (χ3v) is 5.94. The molecular weight excluding hydrogens is 378 g/mol. The Morgan fingerprint density at radius 3 is 2.38 bits per heavy atom. The standard InChI is InChI=1S/C13H14ClN3O5S2/c1-17-7-3-4-11(17)13(18)15-16-24(21,22)12-8-9(23(2,19)20)5-6-10(12)14/h3-8,16H,1-2H3,(H,15,18). The van der Waals surface area contributed by atoms with Crippen molar-refractivity contribution >= 4 is 37.4 Å². The molecule has 0 unspecified atom stereocenters. The third kappa shape index (κ3) is 3.96. The van der Waals surface area contributed by atoms with Crippen molar-refractivity contribution in [1.29, 1.82) is 0 Å². The molecule has 130 valence electrons. The lowest BCUT2D eigenvalue weighted by atomic mass is 10.4. The molecule has 0 bridgehead atoms. The van der Waals surface area contributed by atoms with Crippen LogP contribution in [0.4, 0.5) is 0 Å². The zero-order chi connectivity index (χ0) is 18.1. The Bertz CT molecular complexity index is 996. The highest BCUT2D eigenvalue weighted by Crippen LogP contribution is 2.24. The number of aryl methyl sites for hydroxylation is 1. The second kappa shape index (κ2) is 6.55. The van der Waals surface area contributed by atoms with E-state index in [0.717, 1.165) is 18.4 Å². The van der Waals surface area contributed by atoms with Crippen molar-refractivity contribution in [3.63, 3.8) is 0 Å². The molecule has 0 atom stereocenters. The topological polar surface area (TPSA) is 114 Å². The number of aromatic nitrogens is 1. The van der Waals surface area contributed by atoms with Crippen LogP contribution < -0.4 is 10.3 Å². The maximum atomic E-state index is 12.3. The maximum Gasteiger partial charge on any atom is 0.282 e. The fraction of sp³-hybridized carbons (Fsp3) is 0.154. The van der Waals surface area contributed by atoms with Crippen LogP contribution in [0.25, 0.3) is 0 Å². The summed E-state index contributed by atoms with van der Waals surface area (Å²) in [6.45, 7) is 0. The van der Waals surface area contributed by atoms with E-state index >= 15 is 0 Å². The molecule has 0 spiro atoms. The first-order valence-electron chi connectivity index (χ1n) is 6.45. The van der Waals surface area contributed by atoms with E-state index < -0.39 is 30.7 Å². The van der Waals surface area contributed by atoms with E-state index in [0.29, 0.717) is 0 Å². The second-order valence-corrected chi connectivity index (χ2v) is 9.00. The molecule has 2 rings (SSSR count). The Kier molecular flexibility index (Phi) is 5.04. The molecule has 0 radical (unpaired) electrons. The van der Waals surface area contributed by atoms with Crippen molar-refractivity contribution in [2.75, 3.05) is 6.26 Å². The summed E-state index contributed by atoms with van der Waals surface area (Å²) in [7, 11) is -6.26. The molecule has 0 fully saturated rings. The molecule has 1 aromatic carbocycles. The monoisotopic (exact) mass is 391 g/mol. The molecule has 1 aromatic heterocycles. The lowest BCUT2D eigenvalue weighted by Gasteiger charge is -2.11. The SMILES string of the molecule is Cn1cccc1C(=O)NNS(=O)(=O)c1cc(S(C)(=O)=O)ccc1Cl. The van der Waals surface area contributed by atoms with Crippen molar-refractivity contribution in [1.82, 2.24) is 14.8 Å². The number of sulfonamides is 1. The number of carbonyl (C=O) groups is 1. The average molecular weight is 392 g/mol. The lowest BCUT2D eigenvalue weighted by molar-refractivity contribution is 0.0937. The van der Waals surface area contributed by atoms with Crippen LogP contribution >= 0.6 is 11.6 Å². The van der Waals surface area contributed by atoms with Crippen LogP contribution in [0, 0.1) is 0 Å². The zero-order valence-corrected chi connectivity index (χ0v) is 15.0. The molecular formula is C13H14ClN3O5S2. The molecule has 0 aliphatic carbocycles. The average Bonchev–Trinajstić information content (AvgIpc) is 2.90.